The van der Waals surface area contributed by atoms with Crippen molar-refractivity contribution in [3.8, 4) is 0 Å². The molecule has 1 aromatic carbocycles. The van der Waals surface area contributed by atoms with Crippen molar-refractivity contribution in [1.82, 2.24) is 5.32 Å². The minimum absolute atomic E-state index is 0.182. The molecular formula is C14H23NO. The van der Waals surface area contributed by atoms with Gasteiger partial charge in [-0.2, -0.15) is 0 Å². The Bertz CT molecular complexity index is 294. The Hall–Kier alpha value is -0.860. The summed E-state index contributed by atoms with van der Waals surface area (Å²) in [7, 11) is 3.72. The molecular weight excluding hydrogens is 198 g/mol. The van der Waals surface area contributed by atoms with Crippen molar-refractivity contribution < 1.29 is 4.74 Å². The molecule has 0 aliphatic carbocycles. The van der Waals surface area contributed by atoms with Crippen LogP contribution in [-0.2, 0) is 11.2 Å². The quantitative estimate of drug-likeness (QED) is 0.797. The third-order valence-electron chi connectivity index (χ3n) is 3.03. The van der Waals surface area contributed by atoms with Crippen LogP contribution in [0.25, 0.3) is 0 Å². The summed E-state index contributed by atoms with van der Waals surface area (Å²) in [5.74, 6) is 0. The molecule has 0 spiro atoms. The molecule has 2 heteroatoms. The van der Waals surface area contributed by atoms with Gasteiger partial charge in [0.2, 0.25) is 0 Å². The SMILES string of the molecule is CCCc1ccc(C(NC)C(C)OC)cc1. The highest BCUT2D eigenvalue weighted by molar-refractivity contribution is 5.25. The molecule has 0 fully saturated rings. The summed E-state index contributed by atoms with van der Waals surface area (Å²) in [5, 5.41) is 3.30. The van der Waals surface area contributed by atoms with Crippen LogP contribution in [0.15, 0.2) is 24.3 Å². The van der Waals surface area contributed by atoms with Crippen molar-refractivity contribution in [2.45, 2.75) is 38.8 Å². The Labute approximate surface area is 99.0 Å². The molecule has 0 saturated heterocycles. The van der Waals surface area contributed by atoms with E-state index in [0.29, 0.717) is 0 Å². The van der Waals surface area contributed by atoms with Crippen molar-refractivity contribution in [3.05, 3.63) is 35.4 Å². The van der Waals surface area contributed by atoms with Crippen molar-refractivity contribution in [2.75, 3.05) is 14.2 Å². The number of nitrogens with one attached hydrogen (secondary N) is 1. The largest absolute Gasteiger partial charge is 0.380 e. The number of aryl methyl sites for hydroxylation is 1. The van der Waals surface area contributed by atoms with Gasteiger partial charge in [0, 0.05) is 7.11 Å². The molecule has 0 aliphatic heterocycles. The summed E-state index contributed by atoms with van der Waals surface area (Å²) in [6.07, 6.45) is 2.54. The molecule has 90 valence electrons. The smallest absolute Gasteiger partial charge is 0.0737 e. The average Bonchev–Trinajstić information content (AvgIpc) is 2.32. The standard InChI is InChI=1S/C14H23NO/c1-5-6-12-7-9-13(10-8-12)14(15-3)11(2)16-4/h7-11,14-15H,5-6H2,1-4H3. The molecule has 1 N–H and O–H groups in total. The third-order valence-corrected chi connectivity index (χ3v) is 3.03. The topological polar surface area (TPSA) is 21.3 Å². The van der Waals surface area contributed by atoms with Crippen LogP contribution in [0, 0.1) is 0 Å². The van der Waals surface area contributed by atoms with E-state index in [1.54, 1.807) is 7.11 Å². The molecule has 2 unspecified atom stereocenters. The van der Waals surface area contributed by atoms with E-state index in [4.69, 9.17) is 4.74 Å². The first-order valence-corrected chi connectivity index (χ1v) is 6.01. The van der Waals surface area contributed by atoms with E-state index in [-0.39, 0.29) is 12.1 Å². The predicted octanol–water partition coefficient (Wildman–Crippen LogP) is 2.93. The van der Waals surface area contributed by atoms with E-state index in [2.05, 4.69) is 43.4 Å². The van der Waals surface area contributed by atoms with Gasteiger partial charge in [-0.3, -0.25) is 0 Å². The first-order chi connectivity index (χ1) is 7.72. The first kappa shape index (κ1) is 13.2. The van der Waals surface area contributed by atoms with E-state index in [0.717, 1.165) is 6.42 Å². The number of rotatable bonds is 6. The van der Waals surface area contributed by atoms with Gasteiger partial charge in [0.05, 0.1) is 12.1 Å². The fraction of sp³-hybridized carbons (Fsp3) is 0.571. The lowest BCUT2D eigenvalue weighted by Gasteiger charge is -2.22. The third kappa shape index (κ3) is 3.32. The monoisotopic (exact) mass is 221 g/mol. The number of methoxy groups -OCH3 is 1. The van der Waals surface area contributed by atoms with Crippen LogP contribution < -0.4 is 5.32 Å². The second kappa shape index (κ2) is 6.66. The fourth-order valence-corrected chi connectivity index (χ4v) is 1.99. The maximum absolute atomic E-state index is 5.37. The highest BCUT2D eigenvalue weighted by Crippen LogP contribution is 2.19. The van der Waals surface area contributed by atoms with E-state index in [1.165, 1.54) is 17.5 Å². The van der Waals surface area contributed by atoms with Gasteiger partial charge in [-0.25, -0.2) is 0 Å². The molecule has 2 atom stereocenters. The molecule has 0 aromatic heterocycles. The van der Waals surface area contributed by atoms with Gasteiger partial charge in [-0.15, -0.1) is 0 Å². The summed E-state index contributed by atoms with van der Waals surface area (Å²) >= 11 is 0. The van der Waals surface area contributed by atoms with Gasteiger partial charge in [-0.1, -0.05) is 37.6 Å². The second-order valence-corrected chi connectivity index (χ2v) is 4.20. The van der Waals surface area contributed by atoms with E-state index in [1.807, 2.05) is 7.05 Å². The zero-order valence-electron chi connectivity index (χ0n) is 10.8. The van der Waals surface area contributed by atoms with Gasteiger partial charge in [0.15, 0.2) is 0 Å². The maximum Gasteiger partial charge on any atom is 0.0737 e. The number of benzene rings is 1. The molecule has 0 saturated carbocycles. The van der Waals surface area contributed by atoms with Crippen molar-refractivity contribution in [3.63, 3.8) is 0 Å². The molecule has 0 bridgehead atoms. The summed E-state index contributed by atoms with van der Waals surface area (Å²) in [6, 6.07) is 9.08. The number of hydrogen-bond donors (Lipinski definition) is 1. The summed E-state index contributed by atoms with van der Waals surface area (Å²) in [4.78, 5) is 0. The molecule has 16 heavy (non-hydrogen) atoms. The lowest BCUT2D eigenvalue weighted by Crippen LogP contribution is -2.28. The van der Waals surface area contributed by atoms with Crippen molar-refractivity contribution in [2.24, 2.45) is 0 Å². The van der Waals surface area contributed by atoms with Crippen LogP contribution in [0.1, 0.15) is 37.4 Å². The molecule has 1 aromatic rings. The number of hydrogen-bond acceptors (Lipinski definition) is 2. The van der Waals surface area contributed by atoms with Crippen molar-refractivity contribution >= 4 is 0 Å². The summed E-state index contributed by atoms with van der Waals surface area (Å²) in [5.41, 5.74) is 2.70. The highest BCUT2D eigenvalue weighted by atomic mass is 16.5. The minimum atomic E-state index is 0.182. The second-order valence-electron chi connectivity index (χ2n) is 4.20. The summed E-state index contributed by atoms with van der Waals surface area (Å²) < 4.78 is 5.37. The van der Waals surface area contributed by atoms with Crippen LogP contribution in [0.4, 0.5) is 0 Å². The van der Waals surface area contributed by atoms with Gasteiger partial charge in [0.25, 0.3) is 0 Å². The Morgan fingerprint density at radius 1 is 1.25 bits per heavy atom. The van der Waals surface area contributed by atoms with Crippen molar-refractivity contribution in [1.29, 1.82) is 0 Å². The van der Waals surface area contributed by atoms with E-state index in [9.17, 15) is 0 Å². The van der Waals surface area contributed by atoms with Crippen LogP contribution in [0.5, 0.6) is 0 Å². The molecule has 0 heterocycles. The zero-order chi connectivity index (χ0) is 12.0. The van der Waals surface area contributed by atoms with Crippen LogP contribution in [0.3, 0.4) is 0 Å². The van der Waals surface area contributed by atoms with Gasteiger partial charge in [0.1, 0.15) is 0 Å². The molecule has 1 rings (SSSR count). The van der Waals surface area contributed by atoms with Gasteiger partial charge < -0.3 is 10.1 Å². The lowest BCUT2D eigenvalue weighted by molar-refractivity contribution is 0.0857. The Kier molecular flexibility index (Phi) is 5.50. The fourth-order valence-electron chi connectivity index (χ4n) is 1.99. The Morgan fingerprint density at radius 2 is 1.88 bits per heavy atom. The van der Waals surface area contributed by atoms with E-state index >= 15 is 0 Å². The zero-order valence-corrected chi connectivity index (χ0v) is 10.8. The minimum Gasteiger partial charge on any atom is -0.380 e. The maximum atomic E-state index is 5.37. The molecule has 0 radical (unpaired) electrons. The van der Waals surface area contributed by atoms with Gasteiger partial charge in [-0.05, 0) is 31.5 Å². The number of likely N-dealkylation sites (N-methyl/N-ethyl adjacent to an activating group) is 1. The number of ether oxygens (including phenoxy) is 1. The average molecular weight is 221 g/mol. The highest BCUT2D eigenvalue weighted by Gasteiger charge is 2.16. The molecule has 2 nitrogen and oxygen atoms in total. The van der Waals surface area contributed by atoms with Crippen LogP contribution in [-0.4, -0.2) is 20.3 Å². The van der Waals surface area contributed by atoms with Crippen LogP contribution in [0.2, 0.25) is 0 Å². The lowest BCUT2D eigenvalue weighted by atomic mass is 10.00. The normalized spacial score (nSPS) is 14.8. The van der Waals surface area contributed by atoms with E-state index < -0.39 is 0 Å². The Morgan fingerprint density at radius 3 is 2.31 bits per heavy atom. The molecule has 0 aliphatic rings. The summed E-state index contributed by atoms with van der Waals surface area (Å²) in [6.45, 7) is 4.29. The molecule has 0 amide bonds. The first-order valence-electron chi connectivity index (χ1n) is 6.01. The van der Waals surface area contributed by atoms with Gasteiger partial charge >= 0.3 is 0 Å². The Balaban J connectivity index is 2.78. The predicted molar refractivity (Wildman–Crippen MR) is 68.7 cm³/mol. The van der Waals surface area contributed by atoms with Crippen LogP contribution >= 0.6 is 0 Å².